The van der Waals surface area contributed by atoms with Crippen molar-refractivity contribution < 1.29 is 10.2 Å². The van der Waals surface area contributed by atoms with Gasteiger partial charge < -0.3 is 10.2 Å². The van der Waals surface area contributed by atoms with Crippen LogP contribution >= 0.6 is 0 Å². The maximum atomic E-state index is 10.1. The van der Waals surface area contributed by atoms with Gasteiger partial charge in [-0.15, -0.1) is 0 Å². The number of aliphatic hydroxyl groups is 1. The van der Waals surface area contributed by atoms with Crippen LogP contribution in [-0.2, 0) is 0 Å². The summed E-state index contributed by atoms with van der Waals surface area (Å²) < 4.78 is 0. The van der Waals surface area contributed by atoms with E-state index in [1.54, 1.807) is 6.07 Å². The molecule has 2 heteroatoms. The molecule has 2 nitrogen and oxygen atoms in total. The van der Waals surface area contributed by atoms with Crippen LogP contribution in [0.15, 0.2) is 36.1 Å². The molecule has 0 aliphatic carbocycles. The predicted molar refractivity (Wildman–Crippen MR) is 81.4 cm³/mol. The van der Waals surface area contributed by atoms with Gasteiger partial charge in [0.25, 0.3) is 0 Å². The first-order chi connectivity index (χ1) is 8.75. The van der Waals surface area contributed by atoms with Crippen molar-refractivity contribution in [3.05, 3.63) is 47.2 Å². The largest absolute Gasteiger partial charge is 0.508 e. The highest BCUT2D eigenvalue weighted by molar-refractivity contribution is 5.71. The molecule has 0 aliphatic heterocycles. The topological polar surface area (TPSA) is 40.5 Å². The second kappa shape index (κ2) is 5.96. The third-order valence-electron chi connectivity index (χ3n) is 3.38. The van der Waals surface area contributed by atoms with Crippen molar-refractivity contribution in [1.29, 1.82) is 0 Å². The van der Waals surface area contributed by atoms with Gasteiger partial charge in [-0.1, -0.05) is 46.4 Å². The zero-order chi connectivity index (χ0) is 14.7. The average Bonchev–Trinajstić information content (AvgIpc) is 2.26. The third kappa shape index (κ3) is 3.40. The molecule has 104 valence electrons. The van der Waals surface area contributed by atoms with Crippen molar-refractivity contribution in [2.75, 3.05) is 0 Å². The SMILES string of the molecule is C=C(O)/C(=C(\C)c1ccc(C(C)C)c(O)c1)C(C)C. The summed E-state index contributed by atoms with van der Waals surface area (Å²) in [5.74, 6) is 0.874. The Hall–Kier alpha value is -1.70. The fourth-order valence-corrected chi connectivity index (χ4v) is 2.40. The first-order valence-corrected chi connectivity index (χ1v) is 6.68. The van der Waals surface area contributed by atoms with Crippen LogP contribution in [0.4, 0.5) is 0 Å². The van der Waals surface area contributed by atoms with Gasteiger partial charge in [-0.3, -0.25) is 0 Å². The van der Waals surface area contributed by atoms with Crippen molar-refractivity contribution in [3.63, 3.8) is 0 Å². The van der Waals surface area contributed by atoms with Gasteiger partial charge in [0.15, 0.2) is 0 Å². The fourth-order valence-electron chi connectivity index (χ4n) is 2.40. The molecule has 0 bridgehead atoms. The van der Waals surface area contributed by atoms with Crippen LogP contribution in [0.25, 0.3) is 5.57 Å². The van der Waals surface area contributed by atoms with Crippen LogP contribution in [0.1, 0.15) is 51.7 Å². The van der Waals surface area contributed by atoms with E-state index in [4.69, 9.17) is 0 Å². The van der Waals surface area contributed by atoms with Crippen LogP contribution < -0.4 is 0 Å². The molecule has 0 fully saturated rings. The maximum absolute atomic E-state index is 10.1. The number of benzene rings is 1. The number of hydrogen-bond acceptors (Lipinski definition) is 2. The van der Waals surface area contributed by atoms with Gasteiger partial charge >= 0.3 is 0 Å². The predicted octanol–water partition coefficient (Wildman–Crippen LogP) is 5.02. The monoisotopic (exact) mass is 260 g/mol. The number of rotatable bonds is 4. The molecule has 0 unspecified atom stereocenters. The van der Waals surface area contributed by atoms with E-state index in [9.17, 15) is 10.2 Å². The zero-order valence-electron chi connectivity index (χ0n) is 12.5. The van der Waals surface area contributed by atoms with Crippen LogP contribution in [0.3, 0.4) is 0 Å². The lowest BCUT2D eigenvalue weighted by Crippen LogP contribution is -2.01. The summed E-state index contributed by atoms with van der Waals surface area (Å²) in [5.41, 5.74) is 3.64. The minimum Gasteiger partial charge on any atom is -0.508 e. The average molecular weight is 260 g/mol. The van der Waals surface area contributed by atoms with Crippen LogP contribution in [0.5, 0.6) is 5.75 Å². The highest BCUT2D eigenvalue weighted by Gasteiger charge is 2.14. The van der Waals surface area contributed by atoms with Crippen molar-refractivity contribution in [2.24, 2.45) is 5.92 Å². The number of phenols is 1. The van der Waals surface area contributed by atoms with Gasteiger partial charge in [0, 0.05) is 0 Å². The summed E-state index contributed by atoms with van der Waals surface area (Å²) in [7, 11) is 0. The molecular weight excluding hydrogens is 236 g/mol. The standard InChI is InChI=1S/C17H24O2/c1-10(2)15-8-7-14(9-16(15)19)12(5)17(11(3)4)13(6)18/h7-11,18-19H,6H2,1-5H3/b17-12+. The summed E-state index contributed by atoms with van der Waals surface area (Å²) in [6.07, 6.45) is 0. The van der Waals surface area contributed by atoms with Gasteiger partial charge in [-0.25, -0.2) is 0 Å². The highest BCUT2D eigenvalue weighted by Crippen LogP contribution is 2.32. The van der Waals surface area contributed by atoms with E-state index in [0.29, 0.717) is 5.75 Å². The second-order valence-electron chi connectivity index (χ2n) is 5.57. The van der Waals surface area contributed by atoms with Crippen molar-refractivity contribution in [1.82, 2.24) is 0 Å². The Balaban J connectivity index is 3.34. The van der Waals surface area contributed by atoms with E-state index in [0.717, 1.165) is 22.3 Å². The summed E-state index contributed by atoms with van der Waals surface area (Å²) >= 11 is 0. The molecule has 2 N–H and O–H groups in total. The molecular formula is C17H24O2. The van der Waals surface area contributed by atoms with E-state index < -0.39 is 0 Å². The van der Waals surface area contributed by atoms with Crippen LogP contribution in [-0.4, -0.2) is 10.2 Å². The van der Waals surface area contributed by atoms with Gasteiger partial charge in [0.1, 0.15) is 11.5 Å². The first-order valence-electron chi connectivity index (χ1n) is 6.68. The molecule has 0 radical (unpaired) electrons. The summed E-state index contributed by atoms with van der Waals surface area (Å²) in [5, 5.41) is 19.8. The Kier molecular flexibility index (Phi) is 4.82. The fraction of sp³-hybridized carbons (Fsp3) is 0.412. The lowest BCUT2D eigenvalue weighted by atomic mass is 9.91. The van der Waals surface area contributed by atoms with Crippen LogP contribution in [0.2, 0.25) is 0 Å². The zero-order valence-corrected chi connectivity index (χ0v) is 12.5. The third-order valence-corrected chi connectivity index (χ3v) is 3.38. The molecule has 19 heavy (non-hydrogen) atoms. The molecule has 0 amide bonds. The molecule has 0 spiro atoms. The molecule has 0 aromatic heterocycles. The quantitative estimate of drug-likeness (QED) is 0.589. The van der Waals surface area contributed by atoms with Gasteiger partial charge in [0.2, 0.25) is 0 Å². The minimum absolute atomic E-state index is 0.0972. The Morgan fingerprint density at radius 3 is 2.11 bits per heavy atom. The molecule has 0 saturated heterocycles. The van der Waals surface area contributed by atoms with Crippen molar-refractivity contribution >= 4 is 5.57 Å². The van der Waals surface area contributed by atoms with Gasteiger partial charge in [-0.2, -0.15) is 0 Å². The summed E-state index contributed by atoms with van der Waals surface area (Å²) in [6.45, 7) is 13.7. The lowest BCUT2D eigenvalue weighted by Gasteiger charge is -2.16. The normalized spacial score (nSPS) is 12.8. The Bertz CT molecular complexity index is 508. The maximum Gasteiger partial charge on any atom is 0.119 e. The van der Waals surface area contributed by atoms with E-state index in [1.165, 1.54) is 0 Å². The summed E-state index contributed by atoms with van der Waals surface area (Å²) in [6, 6.07) is 5.68. The Labute approximate surface area is 116 Å². The number of phenolic OH excluding ortho intramolecular Hbond substituents is 1. The Morgan fingerprint density at radius 2 is 1.74 bits per heavy atom. The number of aliphatic hydroxyl groups excluding tert-OH is 1. The van der Waals surface area contributed by atoms with E-state index in [2.05, 4.69) is 6.58 Å². The minimum atomic E-state index is 0.0972. The molecule has 0 saturated carbocycles. The van der Waals surface area contributed by atoms with E-state index >= 15 is 0 Å². The highest BCUT2D eigenvalue weighted by atomic mass is 16.3. The molecule has 0 aliphatic rings. The van der Waals surface area contributed by atoms with Gasteiger partial charge in [0.05, 0.1) is 0 Å². The lowest BCUT2D eigenvalue weighted by molar-refractivity contribution is 0.414. The molecule has 0 atom stereocenters. The van der Waals surface area contributed by atoms with E-state index in [1.807, 2.05) is 46.8 Å². The molecule has 1 aromatic rings. The molecule has 0 heterocycles. The molecule has 1 aromatic carbocycles. The summed E-state index contributed by atoms with van der Waals surface area (Å²) in [4.78, 5) is 0. The number of hydrogen-bond donors (Lipinski definition) is 2. The van der Waals surface area contributed by atoms with E-state index in [-0.39, 0.29) is 17.6 Å². The smallest absolute Gasteiger partial charge is 0.119 e. The molecule has 1 rings (SSSR count). The number of aromatic hydroxyl groups is 1. The number of allylic oxidation sites excluding steroid dienone is 2. The Morgan fingerprint density at radius 1 is 1.16 bits per heavy atom. The van der Waals surface area contributed by atoms with Crippen LogP contribution in [0, 0.1) is 5.92 Å². The van der Waals surface area contributed by atoms with Gasteiger partial charge in [-0.05, 0) is 47.1 Å². The van der Waals surface area contributed by atoms with Crippen molar-refractivity contribution in [3.8, 4) is 5.75 Å². The second-order valence-corrected chi connectivity index (χ2v) is 5.57. The van der Waals surface area contributed by atoms with Crippen molar-refractivity contribution in [2.45, 2.75) is 40.5 Å². The first kappa shape index (κ1) is 15.4.